The SMILES string of the molecule is CC(=O)Oc1ccccc1C(=O)OCc1cccnc1C.Cl. The Morgan fingerprint density at radius 3 is 2.55 bits per heavy atom. The summed E-state index contributed by atoms with van der Waals surface area (Å²) in [7, 11) is 0. The molecule has 0 aliphatic rings. The third kappa shape index (κ3) is 4.56. The molecule has 6 heteroatoms. The van der Waals surface area contributed by atoms with Crippen molar-refractivity contribution < 1.29 is 19.1 Å². The van der Waals surface area contributed by atoms with Crippen LogP contribution in [0.15, 0.2) is 42.6 Å². The number of pyridine rings is 1. The topological polar surface area (TPSA) is 65.5 Å². The molecular weight excluding hydrogens is 306 g/mol. The fourth-order valence-corrected chi connectivity index (χ4v) is 1.77. The Balaban J connectivity index is 0.00000242. The molecule has 0 spiro atoms. The van der Waals surface area contributed by atoms with Gasteiger partial charge >= 0.3 is 11.9 Å². The molecule has 0 radical (unpaired) electrons. The number of esters is 2. The van der Waals surface area contributed by atoms with E-state index in [0.29, 0.717) is 0 Å². The number of rotatable bonds is 4. The van der Waals surface area contributed by atoms with E-state index in [-0.39, 0.29) is 30.3 Å². The zero-order valence-corrected chi connectivity index (χ0v) is 13.1. The number of hydrogen-bond donors (Lipinski definition) is 0. The lowest BCUT2D eigenvalue weighted by atomic mass is 10.2. The Bertz CT molecular complexity index is 673. The highest BCUT2D eigenvalue weighted by atomic mass is 35.5. The maximum atomic E-state index is 12.1. The summed E-state index contributed by atoms with van der Waals surface area (Å²) in [6.45, 7) is 3.24. The first kappa shape index (κ1) is 17.7. The van der Waals surface area contributed by atoms with Gasteiger partial charge in [0.15, 0.2) is 0 Å². The maximum absolute atomic E-state index is 12.1. The van der Waals surface area contributed by atoms with Crippen LogP contribution in [-0.4, -0.2) is 16.9 Å². The van der Waals surface area contributed by atoms with Crippen LogP contribution in [0.4, 0.5) is 0 Å². The van der Waals surface area contributed by atoms with Crippen LogP contribution in [0.2, 0.25) is 0 Å². The van der Waals surface area contributed by atoms with Gasteiger partial charge in [0.2, 0.25) is 0 Å². The minimum Gasteiger partial charge on any atom is -0.457 e. The third-order valence-corrected chi connectivity index (χ3v) is 2.84. The van der Waals surface area contributed by atoms with E-state index in [0.717, 1.165) is 11.3 Å². The molecule has 2 rings (SSSR count). The summed E-state index contributed by atoms with van der Waals surface area (Å²) in [5, 5.41) is 0. The molecule has 0 N–H and O–H groups in total. The van der Waals surface area contributed by atoms with E-state index in [1.165, 1.54) is 6.92 Å². The summed E-state index contributed by atoms with van der Waals surface area (Å²) in [4.78, 5) is 27.3. The fraction of sp³-hybridized carbons (Fsp3) is 0.188. The number of para-hydroxylation sites is 1. The van der Waals surface area contributed by atoms with Crippen LogP contribution >= 0.6 is 12.4 Å². The van der Waals surface area contributed by atoms with Crippen LogP contribution in [0.5, 0.6) is 5.75 Å². The van der Waals surface area contributed by atoms with Crippen LogP contribution in [0.25, 0.3) is 0 Å². The van der Waals surface area contributed by atoms with Crippen molar-refractivity contribution >= 4 is 24.3 Å². The molecule has 1 aromatic carbocycles. The van der Waals surface area contributed by atoms with Crippen molar-refractivity contribution in [3.05, 3.63) is 59.4 Å². The van der Waals surface area contributed by atoms with Gasteiger partial charge in [-0.05, 0) is 25.1 Å². The molecule has 1 heterocycles. The summed E-state index contributed by atoms with van der Waals surface area (Å²) >= 11 is 0. The Kier molecular flexibility index (Phi) is 6.53. The van der Waals surface area contributed by atoms with Crippen LogP contribution in [0.3, 0.4) is 0 Å². The average Bonchev–Trinajstić information content (AvgIpc) is 2.46. The largest absolute Gasteiger partial charge is 0.457 e. The van der Waals surface area contributed by atoms with Crippen LogP contribution in [0, 0.1) is 6.92 Å². The number of halogens is 1. The lowest BCUT2D eigenvalue weighted by molar-refractivity contribution is -0.131. The number of aryl methyl sites for hydroxylation is 1. The van der Waals surface area contributed by atoms with Crippen molar-refractivity contribution in [2.24, 2.45) is 0 Å². The van der Waals surface area contributed by atoms with E-state index in [1.807, 2.05) is 13.0 Å². The van der Waals surface area contributed by atoms with Crippen molar-refractivity contribution in [3.8, 4) is 5.75 Å². The smallest absolute Gasteiger partial charge is 0.342 e. The van der Waals surface area contributed by atoms with E-state index in [2.05, 4.69) is 4.98 Å². The number of benzene rings is 1. The van der Waals surface area contributed by atoms with Gasteiger partial charge < -0.3 is 9.47 Å². The molecule has 1 aromatic heterocycles. The zero-order chi connectivity index (χ0) is 15.2. The second kappa shape index (κ2) is 8.14. The normalized spacial score (nSPS) is 9.55. The van der Waals surface area contributed by atoms with Gasteiger partial charge in [-0.15, -0.1) is 12.4 Å². The second-order valence-corrected chi connectivity index (χ2v) is 4.41. The van der Waals surface area contributed by atoms with Gasteiger partial charge in [-0.2, -0.15) is 0 Å². The summed E-state index contributed by atoms with van der Waals surface area (Å²) in [6, 6.07) is 10.1. The van der Waals surface area contributed by atoms with Crippen molar-refractivity contribution in [3.63, 3.8) is 0 Å². The third-order valence-electron chi connectivity index (χ3n) is 2.84. The Labute approximate surface area is 134 Å². The quantitative estimate of drug-likeness (QED) is 0.639. The molecule has 0 amide bonds. The summed E-state index contributed by atoms with van der Waals surface area (Å²) in [5.74, 6) is -0.841. The molecule has 0 saturated carbocycles. The van der Waals surface area contributed by atoms with Gasteiger partial charge in [-0.3, -0.25) is 9.78 Å². The first-order valence-electron chi connectivity index (χ1n) is 6.43. The molecule has 0 aliphatic heterocycles. The van der Waals surface area contributed by atoms with E-state index >= 15 is 0 Å². The molecule has 0 bridgehead atoms. The summed E-state index contributed by atoms with van der Waals surface area (Å²) < 4.78 is 10.2. The number of ether oxygens (including phenoxy) is 2. The molecule has 0 atom stereocenters. The van der Waals surface area contributed by atoms with E-state index in [9.17, 15) is 9.59 Å². The van der Waals surface area contributed by atoms with E-state index in [4.69, 9.17) is 9.47 Å². The van der Waals surface area contributed by atoms with Gasteiger partial charge in [0.25, 0.3) is 0 Å². The van der Waals surface area contributed by atoms with Gasteiger partial charge in [0, 0.05) is 24.4 Å². The first-order chi connectivity index (χ1) is 10.1. The minimum atomic E-state index is -0.546. The predicted molar refractivity (Wildman–Crippen MR) is 83.1 cm³/mol. The fourth-order valence-electron chi connectivity index (χ4n) is 1.77. The highest BCUT2D eigenvalue weighted by Gasteiger charge is 2.15. The Hall–Kier alpha value is -2.40. The zero-order valence-electron chi connectivity index (χ0n) is 12.2. The number of hydrogen-bond acceptors (Lipinski definition) is 5. The molecule has 2 aromatic rings. The van der Waals surface area contributed by atoms with E-state index in [1.54, 1.807) is 36.5 Å². The van der Waals surface area contributed by atoms with E-state index < -0.39 is 11.9 Å². The summed E-state index contributed by atoms with van der Waals surface area (Å²) in [5.41, 5.74) is 1.85. The predicted octanol–water partition coefficient (Wildman–Crippen LogP) is 3.09. The number of carbonyl (C=O) groups is 2. The van der Waals surface area contributed by atoms with Gasteiger partial charge in [0.05, 0.1) is 0 Å². The van der Waals surface area contributed by atoms with Gasteiger partial charge in [0.1, 0.15) is 17.9 Å². The van der Waals surface area contributed by atoms with Crippen LogP contribution < -0.4 is 4.74 Å². The van der Waals surface area contributed by atoms with Gasteiger partial charge in [-0.25, -0.2) is 4.79 Å². The monoisotopic (exact) mass is 321 g/mol. The average molecular weight is 322 g/mol. The number of aromatic nitrogens is 1. The Morgan fingerprint density at radius 1 is 1.14 bits per heavy atom. The minimum absolute atomic E-state index is 0. The number of nitrogens with zero attached hydrogens (tertiary/aromatic N) is 1. The van der Waals surface area contributed by atoms with Crippen molar-refractivity contribution in [1.82, 2.24) is 4.98 Å². The van der Waals surface area contributed by atoms with Crippen LogP contribution in [-0.2, 0) is 16.1 Å². The lowest BCUT2D eigenvalue weighted by Gasteiger charge is -2.09. The molecule has 5 nitrogen and oxygen atoms in total. The highest BCUT2D eigenvalue weighted by molar-refractivity contribution is 5.93. The van der Waals surface area contributed by atoms with Crippen molar-refractivity contribution in [1.29, 1.82) is 0 Å². The first-order valence-corrected chi connectivity index (χ1v) is 6.43. The van der Waals surface area contributed by atoms with Crippen molar-refractivity contribution in [2.45, 2.75) is 20.5 Å². The Morgan fingerprint density at radius 2 is 1.86 bits per heavy atom. The van der Waals surface area contributed by atoms with Gasteiger partial charge in [-0.1, -0.05) is 18.2 Å². The van der Waals surface area contributed by atoms with Crippen LogP contribution in [0.1, 0.15) is 28.5 Å². The molecule has 116 valence electrons. The standard InChI is InChI=1S/C16H15NO4.ClH/c1-11-13(6-5-9-17-11)10-20-16(19)14-7-3-4-8-15(14)21-12(2)18;/h3-9H,10H2,1-2H3;1H. The molecule has 22 heavy (non-hydrogen) atoms. The molecule has 0 unspecified atom stereocenters. The van der Waals surface area contributed by atoms with Crippen molar-refractivity contribution in [2.75, 3.05) is 0 Å². The lowest BCUT2D eigenvalue weighted by Crippen LogP contribution is -2.10. The summed E-state index contributed by atoms with van der Waals surface area (Å²) in [6.07, 6.45) is 1.68. The molecule has 0 fully saturated rings. The molecule has 0 saturated heterocycles. The maximum Gasteiger partial charge on any atom is 0.342 e. The highest BCUT2D eigenvalue weighted by Crippen LogP contribution is 2.20. The molecular formula is C16H16ClNO4. The second-order valence-electron chi connectivity index (χ2n) is 4.41. The molecule has 0 aliphatic carbocycles. The number of carbonyl (C=O) groups excluding carboxylic acids is 2.